The maximum atomic E-state index is 12.4. The summed E-state index contributed by atoms with van der Waals surface area (Å²) in [6.45, 7) is 0. The van der Waals surface area contributed by atoms with Crippen molar-refractivity contribution in [3.63, 3.8) is 0 Å². The molecule has 2 aromatic rings. The van der Waals surface area contributed by atoms with Gasteiger partial charge in [0.05, 0.1) is 11.8 Å². The summed E-state index contributed by atoms with van der Waals surface area (Å²) in [5.41, 5.74) is 4.75. The van der Waals surface area contributed by atoms with E-state index in [1.165, 1.54) is 12.3 Å². The zero-order chi connectivity index (χ0) is 13.3. The molecule has 0 aromatic carbocycles. The molecule has 2 N–H and O–H groups in total. The fourth-order valence-corrected chi connectivity index (χ4v) is 1.29. The second-order valence-electron chi connectivity index (χ2n) is 3.28. The third-order valence-corrected chi connectivity index (χ3v) is 2.22. The first-order valence-electron chi connectivity index (χ1n) is 4.63. The lowest BCUT2D eigenvalue weighted by Gasteiger charge is -2.02. The van der Waals surface area contributed by atoms with Crippen molar-refractivity contribution in [3.8, 4) is 5.95 Å². The monoisotopic (exact) mass is 273 g/mol. The molecule has 0 saturated carbocycles. The van der Waals surface area contributed by atoms with Crippen LogP contribution in [0.3, 0.4) is 0 Å². The van der Waals surface area contributed by atoms with Crippen LogP contribution in [0.15, 0.2) is 24.7 Å². The summed E-state index contributed by atoms with van der Waals surface area (Å²) in [5, 5.41) is 3.54. The van der Waals surface area contributed by atoms with Crippen molar-refractivity contribution in [2.75, 3.05) is 0 Å². The standard InChI is InChI=1S/C9H6F3N5S/c10-9(11,12)5-3-15-17(4-5)8-14-2-1-6(16-8)7(13)18/h1-4H,(H2,13,18). The van der Waals surface area contributed by atoms with Gasteiger partial charge in [0, 0.05) is 12.4 Å². The second kappa shape index (κ2) is 4.33. The lowest BCUT2D eigenvalue weighted by Crippen LogP contribution is -2.14. The maximum Gasteiger partial charge on any atom is 0.419 e. The van der Waals surface area contributed by atoms with Crippen molar-refractivity contribution in [1.29, 1.82) is 0 Å². The average molecular weight is 273 g/mol. The van der Waals surface area contributed by atoms with E-state index in [-0.39, 0.29) is 16.6 Å². The van der Waals surface area contributed by atoms with Crippen LogP contribution in [0, 0.1) is 0 Å². The summed E-state index contributed by atoms with van der Waals surface area (Å²) in [6.07, 6.45) is -1.64. The smallest absolute Gasteiger partial charge is 0.388 e. The zero-order valence-corrected chi connectivity index (χ0v) is 9.53. The predicted molar refractivity (Wildman–Crippen MR) is 60.0 cm³/mol. The van der Waals surface area contributed by atoms with Gasteiger partial charge in [-0.2, -0.15) is 18.3 Å². The number of alkyl halides is 3. The molecule has 9 heteroatoms. The van der Waals surface area contributed by atoms with E-state index in [4.69, 9.17) is 18.0 Å². The van der Waals surface area contributed by atoms with Gasteiger partial charge in [0.15, 0.2) is 0 Å². The van der Waals surface area contributed by atoms with Crippen LogP contribution in [0.2, 0.25) is 0 Å². The summed E-state index contributed by atoms with van der Waals surface area (Å²) in [4.78, 5) is 7.72. The quantitative estimate of drug-likeness (QED) is 0.836. The fourth-order valence-electron chi connectivity index (χ4n) is 1.17. The van der Waals surface area contributed by atoms with Crippen LogP contribution in [0.25, 0.3) is 5.95 Å². The Balaban J connectivity index is 2.40. The molecule has 2 aromatic heterocycles. The molecule has 0 aliphatic carbocycles. The topological polar surface area (TPSA) is 69.6 Å². The van der Waals surface area contributed by atoms with Crippen molar-refractivity contribution >= 4 is 17.2 Å². The van der Waals surface area contributed by atoms with E-state index < -0.39 is 11.7 Å². The Morgan fingerprint density at radius 2 is 2.11 bits per heavy atom. The van der Waals surface area contributed by atoms with E-state index in [2.05, 4.69) is 15.1 Å². The first-order chi connectivity index (χ1) is 8.38. The number of aromatic nitrogens is 4. The van der Waals surface area contributed by atoms with Crippen molar-refractivity contribution in [2.24, 2.45) is 5.73 Å². The molecule has 0 fully saturated rings. The Morgan fingerprint density at radius 3 is 2.67 bits per heavy atom. The third-order valence-electron chi connectivity index (χ3n) is 2.01. The Kier molecular flexibility index (Phi) is 2.99. The maximum absolute atomic E-state index is 12.4. The van der Waals surface area contributed by atoms with Gasteiger partial charge in [0.25, 0.3) is 5.95 Å². The van der Waals surface area contributed by atoms with Gasteiger partial charge < -0.3 is 5.73 Å². The van der Waals surface area contributed by atoms with Gasteiger partial charge in [-0.15, -0.1) is 0 Å². The van der Waals surface area contributed by atoms with Crippen LogP contribution in [-0.2, 0) is 6.18 Å². The largest absolute Gasteiger partial charge is 0.419 e. The number of nitrogens with two attached hydrogens (primary N) is 1. The molecule has 18 heavy (non-hydrogen) atoms. The summed E-state index contributed by atoms with van der Waals surface area (Å²) < 4.78 is 38.1. The minimum absolute atomic E-state index is 0.0295. The SMILES string of the molecule is NC(=S)c1ccnc(-n2cc(C(F)(F)F)cn2)n1. The summed E-state index contributed by atoms with van der Waals surface area (Å²) in [5.74, 6) is -0.0317. The van der Waals surface area contributed by atoms with Gasteiger partial charge in [0.1, 0.15) is 10.7 Å². The molecule has 0 spiro atoms. The Labute approximate surface area is 104 Å². The van der Waals surface area contributed by atoms with Crippen molar-refractivity contribution in [1.82, 2.24) is 19.7 Å². The van der Waals surface area contributed by atoms with Crippen LogP contribution < -0.4 is 5.73 Å². The van der Waals surface area contributed by atoms with Gasteiger partial charge in [-0.1, -0.05) is 12.2 Å². The van der Waals surface area contributed by atoms with E-state index in [1.54, 1.807) is 0 Å². The third kappa shape index (κ3) is 2.45. The van der Waals surface area contributed by atoms with Crippen molar-refractivity contribution < 1.29 is 13.2 Å². The normalized spacial score (nSPS) is 11.5. The molecule has 5 nitrogen and oxygen atoms in total. The lowest BCUT2D eigenvalue weighted by atomic mass is 10.4. The first-order valence-corrected chi connectivity index (χ1v) is 5.04. The summed E-state index contributed by atoms with van der Waals surface area (Å²) in [6, 6.07) is 1.46. The molecule has 0 amide bonds. The van der Waals surface area contributed by atoms with E-state index in [9.17, 15) is 13.2 Å². The molecule has 0 aliphatic rings. The molecule has 0 unspecified atom stereocenters. The van der Waals surface area contributed by atoms with Gasteiger partial charge in [-0.3, -0.25) is 0 Å². The van der Waals surface area contributed by atoms with Crippen LogP contribution in [0.4, 0.5) is 13.2 Å². The first kappa shape index (κ1) is 12.4. The minimum atomic E-state index is -4.46. The van der Waals surface area contributed by atoms with E-state index in [1.807, 2.05) is 0 Å². The zero-order valence-electron chi connectivity index (χ0n) is 8.72. The number of hydrogen-bond acceptors (Lipinski definition) is 4. The van der Waals surface area contributed by atoms with Gasteiger partial charge in [0.2, 0.25) is 0 Å². The Hall–Kier alpha value is -2.03. The number of hydrogen-bond donors (Lipinski definition) is 1. The predicted octanol–water partition coefficient (Wildman–Crippen LogP) is 1.32. The molecule has 0 atom stereocenters. The number of rotatable bonds is 2. The number of thiocarbonyl (C=S) groups is 1. The fraction of sp³-hybridized carbons (Fsp3) is 0.111. The summed E-state index contributed by atoms with van der Waals surface area (Å²) >= 11 is 4.71. The highest BCUT2D eigenvalue weighted by Gasteiger charge is 2.32. The lowest BCUT2D eigenvalue weighted by molar-refractivity contribution is -0.137. The molecular weight excluding hydrogens is 267 g/mol. The highest BCUT2D eigenvalue weighted by Crippen LogP contribution is 2.28. The van der Waals surface area contributed by atoms with Crippen molar-refractivity contribution in [2.45, 2.75) is 6.18 Å². The van der Waals surface area contributed by atoms with Crippen LogP contribution in [-0.4, -0.2) is 24.7 Å². The average Bonchev–Trinajstić information content (AvgIpc) is 2.78. The van der Waals surface area contributed by atoms with Gasteiger partial charge >= 0.3 is 6.18 Å². The molecular formula is C9H6F3N5S. The molecule has 0 saturated heterocycles. The van der Waals surface area contributed by atoms with Crippen LogP contribution in [0.5, 0.6) is 0 Å². The van der Waals surface area contributed by atoms with Gasteiger partial charge in [-0.05, 0) is 6.07 Å². The van der Waals surface area contributed by atoms with Crippen LogP contribution in [0.1, 0.15) is 11.3 Å². The molecule has 94 valence electrons. The van der Waals surface area contributed by atoms with E-state index >= 15 is 0 Å². The Morgan fingerprint density at radius 1 is 1.39 bits per heavy atom. The molecule has 0 bridgehead atoms. The summed E-state index contributed by atoms with van der Waals surface area (Å²) in [7, 11) is 0. The van der Waals surface area contributed by atoms with E-state index in [0.717, 1.165) is 10.9 Å². The number of nitrogens with zero attached hydrogens (tertiary/aromatic N) is 4. The van der Waals surface area contributed by atoms with Crippen molar-refractivity contribution in [3.05, 3.63) is 35.9 Å². The molecule has 0 radical (unpaired) electrons. The van der Waals surface area contributed by atoms with Crippen LogP contribution >= 0.6 is 12.2 Å². The molecule has 2 heterocycles. The van der Waals surface area contributed by atoms with E-state index in [0.29, 0.717) is 6.20 Å². The minimum Gasteiger partial charge on any atom is -0.388 e. The highest BCUT2D eigenvalue weighted by molar-refractivity contribution is 7.80. The Bertz CT molecular complexity index is 592. The molecule has 0 aliphatic heterocycles. The highest BCUT2D eigenvalue weighted by atomic mass is 32.1. The van der Waals surface area contributed by atoms with Gasteiger partial charge in [-0.25, -0.2) is 14.6 Å². The molecule has 2 rings (SSSR count). The number of halogens is 3. The second-order valence-corrected chi connectivity index (χ2v) is 3.72.